The number of hydrogen-bond acceptors (Lipinski definition) is 4. The number of allylic oxidation sites excluding steroid dienone is 1. The van der Waals surface area contributed by atoms with E-state index in [1.54, 1.807) is 18.2 Å². The third-order valence-electron chi connectivity index (χ3n) is 2.67. The van der Waals surface area contributed by atoms with E-state index in [0.29, 0.717) is 22.8 Å². The van der Waals surface area contributed by atoms with Crippen molar-refractivity contribution in [3.63, 3.8) is 0 Å². The molecule has 0 spiro atoms. The lowest BCUT2D eigenvalue weighted by Gasteiger charge is -2.13. The van der Waals surface area contributed by atoms with Gasteiger partial charge in [-0.2, -0.15) is 0 Å². The van der Waals surface area contributed by atoms with Crippen LogP contribution in [0.15, 0.2) is 30.4 Å². The minimum atomic E-state index is -0.987. The lowest BCUT2D eigenvalue weighted by molar-refractivity contribution is -0.132. The molecule has 0 radical (unpaired) electrons. The van der Waals surface area contributed by atoms with Gasteiger partial charge in [0.2, 0.25) is 5.75 Å². The predicted octanol–water partition coefficient (Wildman–Crippen LogP) is 2.76. The maximum atomic E-state index is 11.1. The van der Waals surface area contributed by atoms with Crippen LogP contribution in [0.1, 0.15) is 12.0 Å². The van der Waals surface area contributed by atoms with E-state index in [2.05, 4.69) is 6.58 Å². The minimum Gasteiger partial charge on any atom is -0.493 e. The van der Waals surface area contributed by atoms with Crippen molar-refractivity contribution in [1.82, 2.24) is 0 Å². The van der Waals surface area contributed by atoms with E-state index < -0.39 is 5.97 Å². The maximum absolute atomic E-state index is 11.1. The maximum Gasteiger partial charge on any atom is 0.331 e. The molecular weight excluding hydrogens is 260 g/mol. The third-order valence-corrected chi connectivity index (χ3v) is 2.67. The van der Waals surface area contributed by atoms with Crippen LogP contribution < -0.4 is 14.2 Å². The molecule has 108 valence electrons. The second kappa shape index (κ2) is 7.23. The summed E-state index contributed by atoms with van der Waals surface area (Å²) in [7, 11) is 4.52. The van der Waals surface area contributed by atoms with Gasteiger partial charge in [-0.3, -0.25) is 0 Å². The zero-order valence-corrected chi connectivity index (χ0v) is 11.8. The number of carboxylic acid groups (broad SMARTS) is 1. The quantitative estimate of drug-likeness (QED) is 0.613. The highest BCUT2D eigenvalue weighted by Crippen LogP contribution is 2.38. The monoisotopic (exact) mass is 278 g/mol. The number of carboxylic acids is 1. The topological polar surface area (TPSA) is 65.0 Å². The molecule has 0 fully saturated rings. The molecule has 0 aliphatic rings. The van der Waals surface area contributed by atoms with Gasteiger partial charge in [0.1, 0.15) is 0 Å². The highest BCUT2D eigenvalue weighted by molar-refractivity contribution is 5.92. The number of rotatable bonds is 7. The van der Waals surface area contributed by atoms with Crippen LogP contribution in [0.3, 0.4) is 0 Å². The Balaban J connectivity index is 3.34. The number of ether oxygens (including phenoxy) is 3. The van der Waals surface area contributed by atoms with Crippen LogP contribution in [0.2, 0.25) is 0 Å². The molecule has 0 amide bonds. The molecule has 0 unspecified atom stereocenters. The van der Waals surface area contributed by atoms with Crippen molar-refractivity contribution >= 4 is 12.0 Å². The molecular formula is C15H18O5. The first-order chi connectivity index (χ1) is 9.57. The van der Waals surface area contributed by atoms with Crippen molar-refractivity contribution in [3.05, 3.63) is 35.9 Å². The first-order valence-electron chi connectivity index (χ1n) is 5.92. The molecule has 0 aliphatic heterocycles. The second-order valence-electron chi connectivity index (χ2n) is 3.93. The number of hydrogen-bond donors (Lipinski definition) is 1. The molecule has 0 saturated carbocycles. The molecule has 1 N–H and O–H groups in total. The first-order valence-corrected chi connectivity index (χ1v) is 5.92. The van der Waals surface area contributed by atoms with Crippen LogP contribution in [-0.4, -0.2) is 32.4 Å². The highest BCUT2D eigenvalue weighted by Gasteiger charge is 2.13. The van der Waals surface area contributed by atoms with Crippen molar-refractivity contribution in [2.24, 2.45) is 0 Å². The summed E-state index contributed by atoms with van der Waals surface area (Å²) in [4.78, 5) is 11.1. The molecule has 1 aromatic carbocycles. The van der Waals surface area contributed by atoms with Crippen LogP contribution in [0.4, 0.5) is 0 Å². The largest absolute Gasteiger partial charge is 0.493 e. The Morgan fingerprint density at radius 3 is 2.10 bits per heavy atom. The smallest absolute Gasteiger partial charge is 0.331 e. The van der Waals surface area contributed by atoms with Gasteiger partial charge in [-0.25, -0.2) is 4.79 Å². The van der Waals surface area contributed by atoms with Crippen molar-refractivity contribution in [1.29, 1.82) is 0 Å². The summed E-state index contributed by atoms with van der Waals surface area (Å²) in [5.74, 6) is 0.425. The molecule has 1 rings (SSSR count). The van der Waals surface area contributed by atoms with Crippen molar-refractivity contribution in [2.45, 2.75) is 6.42 Å². The zero-order chi connectivity index (χ0) is 15.1. The van der Waals surface area contributed by atoms with Crippen LogP contribution >= 0.6 is 0 Å². The van der Waals surface area contributed by atoms with Gasteiger partial charge in [0.25, 0.3) is 0 Å². The normalized spacial score (nSPS) is 10.8. The Labute approximate surface area is 118 Å². The average molecular weight is 278 g/mol. The van der Waals surface area contributed by atoms with Crippen LogP contribution in [0.25, 0.3) is 6.08 Å². The number of methoxy groups -OCH3 is 3. The van der Waals surface area contributed by atoms with Crippen molar-refractivity contribution in [3.8, 4) is 17.2 Å². The average Bonchev–Trinajstić information content (AvgIpc) is 2.45. The summed E-state index contributed by atoms with van der Waals surface area (Å²) in [6.07, 6.45) is 3.36. The van der Waals surface area contributed by atoms with Crippen LogP contribution in [0.5, 0.6) is 17.2 Å². The summed E-state index contributed by atoms with van der Waals surface area (Å²) >= 11 is 0. The molecule has 0 bridgehead atoms. The molecule has 0 atom stereocenters. The summed E-state index contributed by atoms with van der Waals surface area (Å²) in [6.45, 7) is 3.55. The zero-order valence-electron chi connectivity index (χ0n) is 11.8. The summed E-state index contributed by atoms with van der Waals surface area (Å²) in [5.41, 5.74) is 0.882. The molecule has 0 aromatic heterocycles. The molecule has 0 heterocycles. The minimum absolute atomic E-state index is 0.231. The van der Waals surface area contributed by atoms with Gasteiger partial charge in [0.15, 0.2) is 11.5 Å². The predicted molar refractivity (Wildman–Crippen MR) is 76.5 cm³/mol. The Bertz CT molecular complexity index is 506. The second-order valence-corrected chi connectivity index (χ2v) is 3.93. The fourth-order valence-electron chi connectivity index (χ4n) is 1.75. The summed E-state index contributed by atoms with van der Waals surface area (Å²) < 4.78 is 15.6. The van der Waals surface area contributed by atoms with E-state index in [1.165, 1.54) is 27.4 Å². The fraction of sp³-hybridized carbons (Fsp3) is 0.267. The lowest BCUT2D eigenvalue weighted by Crippen LogP contribution is -2.00. The van der Waals surface area contributed by atoms with Gasteiger partial charge < -0.3 is 19.3 Å². The molecule has 20 heavy (non-hydrogen) atoms. The fourth-order valence-corrected chi connectivity index (χ4v) is 1.75. The van der Waals surface area contributed by atoms with Gasteiger partial charge in [0.05, 0.1) is 21.3 Å². The van der Waals surface area contributed by atoms with Crippen molar-refractivity contribution in [2.75, 3.05) is 21.3 Å². The van der Waals surface area contributed by atoms with Gasteiger partial charge in [-0.1, -0.05) is 6.08 Å². The van der Waals surface area contributed by atoms with Gasteiger partial charge in [-0.15, -0.1) is 6.58 Å². The van der Waals surface area contributed by atoms with Gasteiger partial charge in [-0.05, 0) is 30.2 Å². The molecule has 5 nitrogen and oxygen atoms in total. The Hall–Kier alpha value is -2.43. The third kappa shape index (κ3) is 3.54. The Kier molecular flexibility index (Phi) is 5.65. The van der Waals surface area contributed by atoms with E-state index in [0.717, 1.165) is 0 Å². The van der Waals surface area contributed by atoms with Crippen molar-refractivity contribution < 1.29 is 24.1 Å². The van der Waals surface area contributed by atoms with E-state index in [1.807, 2.05) is 0 Å². The van der Waals surface area contributed by atoms with E-state index >= 15 is 0 Å². The lowest BCUT2D eigenvalue weighted by atomic mass is 10.1. The van der Waals surface area contributed by atoms with E-state index in [9.17, 15) is 4.79 Å². The molecule has 1 aromatic rings. The standard InChI is InChI=1S/C15H18O5/c1-5-6-11(15(16)17)7-10-8-12(18-2)14(20-4)13(9-10)19-3/h5,7-9H,1,6H2,2-4H3,(H,16,17). The summed E-state index contributed by atoms with van der Waals surface area (Å²) in [6, 6.07) is 3.38. The van der Waals surface area contributed by atoms with E-state index in [-0.39, 0.29) is 12.0 Å². The van der Waals surface area contributed by atoms with Crippen LogP contribution in [0, 0.1) is 0 Å². The Morgan fingerprint density at radius 2 is 1.75 bits per heavy atom. The molecule has 0 saturated heterocycles. The SMILES string of the molecule is C=CCC(=Cc1cc(OC)c(OC)c(OC)c1)C(=O)O. The number of carbonyl (C=O) groups is 1. The van der Waals surface area contributed by atoms with Gasteiger partial charge in [0, 0.05) is 5.57 Å². The molecule has 0 aliphatic carbocycles. The van der Waals surface area contributed by atoms with Gasteiger partial charge >= 0.3 is 5.97 Å². The summed E-state index contributed by atoms with van der Waals surface area (Å²) in [5, 5.41) is 9.12. The van der Waals surface area contributed by atoms with Crippen LogP contribution in [-0.2, 0) is 4.79 Å². The first kappa shape index (κ1) is 15.6. The molecule has 5 heteroatoms. The number of aliphatic carboxylic acids is 1. The van der Waals surface area contributed by atoms with E-state index in [4.69, 9.17) is 19.3 Å². The Morgan fingerprint density at radius 1 is 1.20 bits per heavy atom. The number of benzene rings is 1. The highest BCUT2D eigenvalue weighted by atomic mass is 16.5.